The summed E-state index contributed by atoms with van der Waals surface area (Å²) >= 11 is 0. The van der Waals surface area contributed by atoms with Gasteiger partial charge < -0.3 is 14.4 Å². The molecule has 0 saturated heterocycles. The first kappa shape index (κ1) is 14.3. The third-order valence-electron chi connectivity index (χ3n) is 4.96. The molecule has 3 aromatic rings. The Morgan fingerprint density at radius 2 is 1.96 bits per heavy atom. The predicted octanol–water partition coefficient (Wildman–Crippen LogP) is 3.72. The van der Waals surface area contributed by atoms with Crippen LogP contribution in [0.1, 0.15) is 29.2 Å². The van der Waals surface area contributed by atoms with Crippen LogP contribution in [0.2, 0.25) is 0 Å². The Morgan fingerprint density at radius 1 is 1.13 bits per heavy atom. The van der Waals surface area contributed by atoms with Gasteiger partial charge in [-0.05, 0) is 36.1 Å². The van der Waals surface area contributed by atoms with Gasteiger partial charge in [0.15, 0.2) is 0 Å². The number of rotatable bonds is 4. The van der Waals surface area contributed by atoms with Crippen LogP contribution in [0.4, 0.5) is 0 Å². The molecule has 1 heterocycles. The normalized spacial score (nSPS) is 16.7. The number of ether oxygens (including phenoxy) is 1. The molecular formula is C20H21NO2. The number of aliphatic hydroxyl groups is 1. The van der Waals surface area contributed by atoms with Gasteiger partial charge in [0.25, 0.3) is 0 Å². The molecule has 0 spiro atoms. The number of aliphatic hydroxyl groups excluding tert-OH is 1. The Hall–Kier alpha value is -2.26. The lowest BCUT2D eigenvalue weighted by molar-refractivity contribution is 0.265. The van der Waals surface area contributed by atoms with E-state index in [4.69, 9.17) is 4.74 Å². The Balaban J connectivity index is 1.94. The topological polar surface area (TPSA) is 34.4 Å². The van der Waals surface area contributed by atoms with Crippen LogP contribution in [0.3, 0.4) is 0 Å². The zero-order chi connectivity index (χ0) is 15.8. The number of fused-ring (bicyclic) bond motifs is 3. The Kier molecular flexibility index (Phi) is 3.58. The molecule has 0 bridgehead atoms. The van der Waals surface area contributed by atoms with Crippen molar-refractivity contribution in [1.82, 2.24) is 4.57 Å². The van der Waals surface area contributed by atoms with Gasteiger partial charge in [-0.2, -0.15) is 0 Å². The van der Waals surface area contributed by atoms with Gasteiger partial charge in [-0.3, -0.25) is 0 Å². The molecule has 1 aliphatic carbocycles. The van der Waals surface area contributed by atoms with Crippen LogP contribution in [0.15, 0.2) is 48.5 Å². The van der Waals surface area contributed by atoms with Gasteiger partial charge in [0.2, 0.25) is 0 Å². The van der Waals surface area contributed by atoms with Crippen molar-refractivity contribution in [3.05, 3.63) is 65.4 Å². The third kappa shape index (κ3) is 2.23. The zero-order valence-electron chi connectivity index (χ0n) is 13.3. The zero-order valence-corrected chi connectivity index (χ0v) is 13.3. The number of hydrogen-bond acceptors (Lipinski definition) is 2. The van der Waals surface area contributed by atoms with Crippen molar-refractivity contribution in [2.45, 2.75) is 25.3 Å². The second kappa shape index (κ2) is 5.74. The summed E-state index contributed by atoms with van der Waals surface area (Å²) in [5.41, 5.74) is 5.14. The summed E-state index contributed by atoms with van der Waals surface area (Å²) in [6.45, 7) is 1.06. The van der Waals surface area contributed by atoms with Gasteiger partial charge in [0, 0.05) is 23.5 Å². The van der Waals surface area contributed by atoms with E-state index in [-0.39, 0.29) is 12.5 Å². The van der Waals surface area contributed by atoms with E-state index in [2.05, 4.69) is 34.9 Å². The lowest BCUT2D eigenvalue weighted by Gasteiger charge is -2.11. The van der Waals surface area contributed by atoms with Crippen molar-refractivity contribution < 1.29 is 9.84 Å². The highest BCUT2D eigenvalue weighted by atomic mass is 16.5. The maximum absolute atomic E-state index is 9.78. The molecule has 0 saturated carbocycles. The van der Waals surface area contributed by atoms with Crippen LogP contribution in [-0.2, 0) is 13.0 Å². The average Bonchev–Trinajstić information content (AvgIpc) is 3.15. The second-order valence-electron chi connectivity index (χ2n) is 6.20. The molecule has 118 valence electrons. The van der Waals surface area contributed by atoms with E-state index in [0.717, 1.165) is 25.1 Å². The Labute approximate surface area is 136 Å². The lowest BCUT2D eigenvalue weighted by atomic mass is 10.0. The molecule has 4 rings (SSSR count). The highest BCUT2D eigenvalue weighted by molar-refractivity contribution is 5.92. The fraction of sp³-hybridized carbons (Fsp3) is 0.300. The largest absolute Gasteiger partial charge is 0.496 e. The monoisotopic (exact) mass is 307 g/mol. The SMILES string of the molecule is COc1cccc2c1c1c(n2Cc2ccccc2)CCC1CO. The van der Waals surface area contributed by atoms with Gasteiger partial charge in [0.05, 0.1) is 19.2 Å². The number of nitrogens with zero attached hydrogens (tertiary/aromatic N) is 1. The summed E-state index contributed by atoms with van der Waals surface area (Å²) in [6.07, 6.45) is 2.04. The third-order valence-corrected chi connectivity index (χ3v) is 4.96. The summed E-state index contributed by atoms with van der Waals surface area (Å²) < 4.78 is 8.02. The van der Waals surface area contributed by atoms with Gasteiger partial charge >= 0.3 is 0 Å². The van der Waals surface area contributed by atoms with E-state index in [0.29, 0.717) is 0 Å². The first-order chi connectivity index (χ1) is 11.3. The van der Waals surface area contributed by atoms with Gasteiger partial charge in [-0.1, -0.05) is 36.4 Å². The van der Waals surface area contributed by atoms with Crippen LogP contribution in [0, 0.1) is 0 Å². The Bertz CT molecular complexity index is 836. The smallest absolute Gasteiger partial charge is 0.128 e. The minimum atomic E-state index is 0.204. The van der Waals surface area contributed by atoms with Crippen molar-refractivity contribution in [2.24, 2.45) is 0 Å². The van der Waals surface area contributed by atoms with Crippen molar-refractivity contribution in [1.29, 1.82) is 0 Å². The molecule has 1 aromatic heterocycles. The van der Waals surface area contributed by atoms with Crippen molar-refractivity contribution in [3.8, 4) is 5.75 Å². The highest BCUT2D eigenvalue weighted by Crippen LogP contribution is 2.44. The molecule has 0 radical (unpaired) electrons. The highest BCUT2D eigenvalue weighted by Gasteiger charge is 2.30. The quantitative estimate of drug-likeness (QED) is 0.797. The van der Waals surface area contributed by atoms with E-state index in [1.807, 2.05) is 18.2 Å². The average molecular weight is 307 g/mol. The number of methoxy groups -OCH3 is 1. The van der Waals surface area contributed by atoms with E-state index in [1.165, 1.54) is 27.7 Å². The fourth-order valence-electron chi connectivity index (χ4n) is 3.91. The molecule has 23 heavy (non-hydrogen) atoms. The standard InChI is InChI=1S/C20H21NO2/c1-23-18-9-5-8-16-20(18)19-15(13-22)10-11-17(19)21(16)12-14-6-3-2-4-7-14/h2-9,15,22H,10-13H2,1H3. The minimum absolute atomic E-state index is 0.204. The first-order valence-electron chi connectivity index (χ1n) is 8.16. The van der Waals surface area contributed by atoms with Crippen LogP contribution >= 0.6 is 0 Å². The van der Waals surface area contributed by atoms with Crippen LogP contribution in [0.5, 0.6) is 5.75 Å². The summed E-state index contributed by atoms with van der Waals surface area (Å²) in [6, 6.07) is 16.8. The van der Waals surface area contributed by atoms with Crippen molar-refractivity contribution in [3.63, 3.8) is 0 Å². The number of aromatic nitrogens is 1. The summed E-state index contributed by atoms with van der Waals surface area (Å²) in [5, 5.41) is 11.0. The second-order valence-corrected chi connectivity index (χ2v) is 6.20. The van der Waals surface area contributed by atoms with Crippen LogP contribution < -0.4 is 4.74 Å². The van der Waals surface area contributed by atoms with Crippen LogP contribution in [0.25, 0.3) is 10.9 Å². The van der Waals surface area contributed by atoms with E-state index < -0.39 is 0 Å². The molecule has 0 aliphatic heterocycles. The molecule has 1 unspecified atom stereocenters. The molecule has 2 aromatic carbocycles. The fourth-order valence-corrected chi connectivity index (χ4v) is 3.91. The molecule has 1 atom stereocenters. The molecule has 1 N–H and O–H groups in total. The summed E-state index contributed by atoms with van der Waals surface area (Å²) in [4.78, 5) is 0. The van der Waals surface area contributed by atoms with E-state index >= 15 is 0 Å². The predicted molar refractivity (Wildman–Crippen MR) is 92.2 cm³/mol. The molecule has 1 aliphatic rings. The Morgan fingerprint density at radius 3 is 2.70 bits per heavy atom. The number of hydrogen-bond donors (Lipinski definition) is 1. The minimum Gasteiger partial charge on any atom is -0.496 e. The van der Waals surface area contributed by atoms with Crippen molar-refractivity contribution >= 4 is 10.9 Å². The van der Waals surface area contributed by atoms with E-state index in [1.54, 1.807) is 7.11 Å². The van der Waals surface area contributed by atoms with E-state index in [9.17, 15) is 5.11 Å². The first-order valence-corrected chi connectivity index (χ1v) is 8.16. The summed E-state index contributed by atoms with van der Waals surface area (Å²) in [5.74, 6) is 1.13. The molecule has 3 nitrogen and oxygen atoms in total. The van der Waals surface area contributed by atoms with Gasteiger partial charge in [-0.25, -0.2) is 0 Å². The van der Waals surface area contributed by atoms with Gasteiger partial charge in [0.1, 0.15) is 5.75 Å². The maximum atomic E-state index is 9.78. The number of benzene rings is 2. The maximum Gasteiger partial charge on any atom is 0.128 e. The molecule has 3 heteroatoms. The van der Waals surface area contributed by atoms with Crippen LogP contribution in [-0.4, -0.2) is 23.4 Å². The molecular weight excluding hydrogens is 286 g/mol. The van der Waals surface area contributed by atoms with Gasteiger partial charge in [-0.15, -0.1) is 0 Å². The molecule has 0 amide bonds. The summed E-state index contributed by atoms with van der Waals surface area (Å²) in [7, 11) is 1.72. The molecule has 0 fully saturated rings. The van der Waals surface area contributed by atoms with Crippen molar-refractivity contribution in [2.75, 3.05) is 13.7 Å². The lowest BCUT2D eigenvalue weighted by Crippen LogP contribution is -2.03.